The van der Waals surface area contributed by atoms with Gasteiger partial charge in [0.15, 0.2) is 0 Å². The number of carbonyl (C=O) groups excluding carboxylic acids is 1. The van der Waals surface area contributed by atoms with E-state index in [9.17, 15) is 9.90 Å². The van der Waals surface area contributed by atoms with Crippen LogP contribution in [-0.4, -0.2) is 53.9 Å². The van der Waals surface area contributed by atoms with Crippen LogP contribution in [-0.2, 0) is 4.79 Å². The molecule has 0 radical (unpaired) electrons. The highest BCUT2D eigenvalue weighted by atomic mass is 16.3. The van der Waals surface area contributed by atoms with Crippen LogP contribution in [0.15, 0.2) is 23.2 Å². The molecule has 2 aliphatic rings. The third-order valence-corrected chi connectivity index (χ3v) is 6.59. The van der Waals surface area contributed by atoms with E-state index in [0.717, 1.165) is 12.8 Å². The highest BCUT2D eigenvalue weighted by Crippen LogP contribution is 2.36. The summed E-state index contributed by atoms with van der Waals surface area (Å²) in [7, 11) is 0. The van der Waals surface area contributed by atoms with Crippen molar-refractivity contribution in [3.63, 3.8) is 0 Å². The molecule has 1 saturated heterocycles. The van der Waals surface area contributed by atoms with Crippen molar-refractivity contribution in [2.75, 3.05) is 19.7 Å². The first-order chi connectivity index (χ1) is 14.2. The van der Waals surface area contributed by atoms with Gasteiger partial charge in [0.2, 0.25) is 0 Å². The SMILES string of the molecule is CCC1(CO)CN(/C(N)=C(/C=C(/C)N)C(=O)NC(C)N)CCC1NC1CCCCC1. The van der Waals surface area contributed by atoms with Crippen LogP contribution >= 0.6 is 0 Å². The maximum absolute atomic E-state index is 12.7. The molecule has 172 valence electrons. The number of carbonyl (C=O) groups is 1. The molecular formula is C22H42N6O2. The molecule has 1 amide bonds. The molecule has 1 aliphatic carbocycles. The quantitative estimate of drug-likeness (QED) is 0.193. The Morgan fingerprint density at radius 1 is 1.27 bits per heavy atom. The average molecular weight is 423 g/mol. The van der Waals surface area contributed by atoms with Gasteiger partial charge >= 0.3 is 0 Å². The maximum Gasteiger partial charge on any atom is 0.256 e. The molecule has 3 unspecified atom stereocenters. The first kappa shape index (κ1) is 24.5. The Morgan fingerprint density at radius 3 is 2.47 bits per heavy atom. The molecule has 2 fully saturated rings. The second kappa shape index (κ2) is 11.0. The lowest BCUT2D eigenvalue weighted by Gasteiger charge is -2.49. The Bertz CT molecular complexity index is 632. The Kier molecular flexibility index (Phi) is 9.00. The minimum Gasteiger partial charge on any atom is -0.402 e. The van der Waals surface area contributed by atoms with Gasteiger partial charge in [-0.2, -0.15) is 0 Å². The molecule has 3 atom stereocenters. The molecule has 0 aromatic carbocycles. The zero-order valence-electron chi connectivity index (χ0n) is 18.9. The Morgan fingerprint density at radius 2 is 1.93 bits per heavy atom. The number of rotatable bonds is 8. The van der Waals surface area contributed by atoms with Gasteiger partial charge in [0, 0.05) is 36.3 Å². The molecule has 1 aliphatic heterocycles. The van der Waals surface area contributed by atoms with E-state index in [1.165, 1.54) is 32.1 Å². The van der Waals surface area contributed by atoms with Gasteiger partial charge < -0.3 is 37.8 Å². The summed E-state index contributed by atoms with van der Waals surface area (Å²) in [5.41, 5.74) is 18.6. The minimum absolute atomic E-state index is 0.0742. The molecule has 0 spiro atoms. The van der Waals surface area contributed by atoms with Crippen molar-refractivity contribution in [3.8, 4) is 0 Å². The number of hydrogen-bond acceptors (Lipinski definition) is 7. The van der Waals surface area contributed by atoms with Gasteiger partial charge in [-0.15, -0.1) is 0 Å². The van der Waals surface area contributed by atoms with E-state index >= 15 is 0 Å². The third-order valence-electron chi connectivity index (χ3n) is 6.59. The Balaban J connectivity index is 2.25. The van der Waals surface area contributed by atoms with Crippen molar-refractivity contribution >= 4 is 5.91 Å². The lowest BCUT2D eigenvalue weighted by Crippen LogP contribution is -2.60. The van der Waals surface area contributed by atoms with Crippen molar-refractivity contribution in [1.82, 2.24) is 15.5 Å². The zero-order valence-corrected chi connectivity index (χ0v) is 18.9. The molecule has 8 nitrogen and oxygen atoms in total. The van der Waals surface area contributed by atoms with Crippen molar-refractivity contribution in [1.29, 1.82) is 0 Å². The molecule has 30 heavy (non-hydrogen) atoms. The molecule has 2 rings (SSSR count). The number of nitrogens with zero attached hydrogens (tertiary/aromatic N) is 1. The second-order valence-corrected chi connectivity index (χ2v) is 9.09. The lowest BCUT2D eigenvalue weighted by molar-refractivity contribution is -0.117. The highest BCUT2D eigenvalue weighted by Gasteiger charge is 2.43. The lowest BCUT2D eigenvalue weighted by atomic mass is 9.73. The summed E-state index contributed by atoms with van der Waals surface area (Å²) in [6.07, 6.45) is 9.04. The van der Waals surface area contributed by atoms with E-state index < -0.39 is 6.17 Å². The fraction of sp³-hybridized carbons (Fsp3) is 0.773. The number of likely N-dealkylation sites (tertiary alicyclic amines) is 1. The van der Waals surface area contributed by atoms with Crippen LogP contribution in [0.1, 0.15) is 65.7 Å². The van der Waals surface area contributed by atoms with E-state index in [4.69, 9.17) is 17.2 Å². The number of nitrogens with two attached hydrogens (primary N) is 3. The van der Waals surface area contributed by atoms with Crippen LogP contribution in [0, 0.1) is 5.41 Å². The first-order valence-electron chi connectivity index (χ1n) is 11.3. The van der Waals surface area contributed by atoms with Crippen LogP contribution < -0.4 is 27.8 Å². The summed E-state index contributed by atoms with van der Waals surface area (Å²) >= 11 is 0. The molecule has 1 saturated carbocycles. The fourth-order valence-electron chi connectivity index (χ4n) is 4.75. The summed E-state index contributed by atoms with van der Waals surface area (Å²) in [6.45, 7) is 6.90. The van der Waals surface area contributed by atoms with Crippen LogP contribution in [0.4, 0.5) is 0 Å². The van der Waals surface area contributed by atoms with Crippen LogP contribution in [0.25, 0.3) is 0 Å². The number of aliphatic hydroxyl groups is 1. The number of nitrogens with one attached hydrogen (secondary N) is 2. The molecule has 9 N–H and O–H groups in total. The summed E-state index contributed by atoms with van der Waals surface area (Å²) in [4.78, 5) is 14.7. The minimum atomic E-state index is -0.496. The number of allylic oxidation sites excluding steroid dienone is 1. The summed E-state index contributed by atoms with van der Waals surface area (Å²) < 4.78 is 0. The van der Waals surface area contributed by atoms with Gasteiger partial charge in [-0.3, -0.25) is 4.79 Å². The van der Waals surface area contributed by atoms with Crippen molar-refractivity contribution < 1.29 is 9.90 Å². The molecule has 1 heterocycles. The standard InChI is InChI=1S/C22H42N6O2/c1-4-22(14-29)13-28(11-10-19(22)27-17-8-6-5-7-9-17)20(25)18(12-15(2)23)21(30)26-16(3)24/h12,16-17,19,27,29H,4-11,13-14,23-25H2,1-3H3,(H,26,30)/b15-12-,20-18-. The molecule has 0 aromatic rings. The molecule has 8 heteroatoms. The Labute approximate surface area is 181 Å². The normalized spacial score (nSPS) is 28.1. The van der Waals surface area contributed by atoms with Gasteiger partial charge in [-0.1, -0.05) is 26.2 Å². The van der Waals surface area contributed by atoms with Gasteiger partial charge in [0.1, 0.15) is 5.82 Å². The number of aliphatic hydroxyl groups excluding tert-OH is 1. The third kappa shape index (κ3) is 6.12. The zero-order chi connectivity index (χ0) is 22.3. The van der Waals surface area contributed by atoms with Crippen LogP contribution in [0.3, 0.4) is 0 Å². The summed E-state index contributed by atoms with van der Waals surface area (Å²) in [6, 6.07) is 0.753. The monoisotopic (exact) mass is 422 g/mol. The van der Waals surface area contributed by atoms with E-state index in [0.29, 0.717) is 36.2 Å². The largest absolute Gasteiger partial charge is 0.402 e. The van der Waals surface area contributed by atoms with Gasteiger partial charge in [0.05, 0.1) is 18.3 Å². The smallest absolute Gasteiger partial charge is 0.256 e. The average Bonchev–Trinajstić information content (AvgIpc) is 2.72. The van der Waals surface area contributed by atoms with Crippen molar-refractivity contribution in [2.45, 2.75) is 84.0 Å². The number of amides is 1. The number of hydrogen-bond donors (Lipinski definition) is 6. The summed E-state index contributed by atoms with van der Waals surface area (Å²) in [5, 5.41) is 16.9. The van der Waals surface area contributed by atoms with Crippen LogP contribution in [0.2, 0.25) is 0 Å². The number of piperidine rings is 1. The Hall–Kier alpha value is -1.77. The summed E-state index contributed by atoms with van der Waals surface area (Å²) in [5.74, 6) is 0.0289. The molecule has 0 bridgehead atoms. The first-order valence-corrected chi connectivity index (χ1v) is 11.3. The van der Waals surface area contributed by atoms with Gasteiger partial charge in [-0.25, -0.2) is 0 Å². The molecule has 0 aromatic heterocycles. The van der Waals surface area contributed by atoms with E-state index in [1.807, 2.05) is 4.90 Å². The van der Waals surface area contributed by atoms with Crippen LogP contribution in [0.5, 0.6) is 0 Å². The van der Waals surface area contributed by atoms with Gasteiger partial charge in [0.25, 0.3) is 5.91 Å². The highest BCUT2D eigenvalue weighted by molar-refractivity contribution is 5.97. The van der Waals surface area contributed by atoms with Crippen molar-refractivity contribution in [2.24, 2.45) is 22.6 Å². The van der Waals surface area contributed by atoms with Gasteiger partial charge in [-0.05, 0) is 45.6 Å². The van der Waals surface area contributed by atoms with Crippen molar-refractivity contribution in [3.05, 3.63) is 23.2 Å². The van der Waals surface area contributed by atoms with E-state index in [-0.39, 0.29) is 24.0 Å². The van der Waals surface area contributed by atoms with E-state index in [1.54, 1.807) is 19.9 Å². The second-order valence-electron chi connectivity index (χ2n) is 9.09. The molecular weight excluding hydrogens is 380 g/mol. The van der Waals surface area contributed by atoms with E-state index in [2.05, 4.69) is 17.6 Å². The topological polar surface area (TPSA) is 143 Å². The predicted octanol–water partition coefficient (Wildman–Crippen LogP) is 0.825. The maximum atomic E-state index is 12.7. The predicted molar refractivity (Wildman–Crippen MR) is 121 cm³/mol. The fourth-order valence-corrected chi connectivity index (χ4v) is 4.75.